The predicted octanol–water partition coefficient (Wildman–Crippen LogP) is 3.15. The monoisotopic (exact) mass is 207 g/mol. The lowest BCUT2D eigenvalue weighted by Gasteiger charge is -2.06. The smallest absolute Gasteiger partial charge is 0.123 e. The largest absolute Gasteiger partial charge is 0.319 e. The molecule has 1 nitrogen and oxygen atoms in total. The molecule has 0 radical (unpaired) electrons. The van der Waals surface area contributed by atoms with Crippen molar-refractivity contribution >= 4 is 5.57 Å². The van der Waals surface area contributed by atoms with Gasteiger partial charge in [-0.05, 0) is 62.7 Å². The van der Waals surface area contributed by atoms with E-state index in [0.717, 1.165) is 24.1 Å². The zero-order valence-corrected chi connectivity index (χ0v) is 9.60. The molecule has 0 bridgehead atoms. The van der Waals surface area contributed by atoms with E-state index in [9.17, 15) is 4.39 Å². The van der Waals surface area contributed by atoms with Crippen LogP contribution in [-0.4, -0.2) is 13.6 Å². The molecule has 1 N–H and O–H groups in total. The second-order valence-electron chi connectivity index (χ2n) is 3.74. The second kappa shape index (κ2) is 5.66. The number of nitrogens with one attached hydrogen (secondary N) is 1. The molecule has 0 fully saturated rings. The van der Waals surface area contributed by atoms with E-state index in [4.69, 9.17) is 0 Å². The number of hydrogen-bond acceptors (Lipinski definition) is 1. The van der Waals surface area contributed by atoms with Crippen LogP contribution in [-0.2, 0) is 0 Å². The summed E-state index contributed by atoms with van der Waals surface area (Å²) in [5, 5.41) is 3.09. The summed E-state index contributed by atoms with van der Waals surface area (Å²) in [5.41, 5.74) is 3.34. The molecule has 0 aliphatic rings. The fraction of sp³-hybridized carbons (Fsp3) is 0.385. The summed E-state index contributed by atoms with van der Waals surface area (Å²) in [4.78, 5) is 0. The topological polar surface area (TPSA) is 12.0 Å². The minimum Gasteiger partial charge on any atom is -0.319 e. The Balaban J connectivity index is 2.81. The highest BCUT2D eigenvalue weighted by molar-refractivity contribution is 5.66. The van der Waals surface area contributed by atoms with Crippen LogP contribution in [0.25, 0.3) is 5.57 Å². The first-order valence-electron chi connectivity index (χ1n) is 5.23. The van der Waals surface area contributed by atoms with Crippen molar-refractivity contribution < 1.29 is 4.39 Å². The number of allylic oxidation sites excluding steroid dienone is 1. The van der Waals surface area contributed by atoms with Gasteiger partial charge in [-0.3, -0.25) is 0 Å². The predicted molar refractivity (Wildman–Crippen MR) is 63.3 cm³/mol. The summed E-state index contributed by atoms with van der Waals surface area (Å²) in [6.07, 6.45) is 3.18. The Morgan fingerprint density at radius 3 is 2.80 bits per heavy atom. The molecule has 0 saturated heterocycles. The first-order valence-corrected chi connectivity index (χ1v) is 5.23. The molecule has 15 heavy (non-hydrogen) atoms. The van der Waals surface area contributed by atoms with E-state index in [-0.39, 0.29) is 5.82 Å². The number of hydrogen-bond donors (Lipinski definition) is 1. The SMILES string of the molecule is CNCCC=C(C)c1ccc(F)cc1C. The van der Waals surface area contributed by atoms with E-state index in [1.54, 1.807) is 6.07 Å². The van der Waals surface area contributed by atoms with E-state index < -0.39 is 0 Å². The van der Waals surface area contributed by atoms with Gasteiger partial charge < -0.3 is 5.32 Å². The van der Waals surface area contributed by atoms with Crippen molar-refractivity contribution in [3.63, 3.8) is 0 Å². The Hall–Kier alpha value is -1.15. The quantitative estimate of drug-likeness (QED) is 0.748. The summed E-state index contributed by atoms with van der Waals surface area (Å²) in [6.45, 7) is 4.97. The number of aryl methyl sites for hydroxylation is 1. The molecule has 1 aromatic rings. The second-order valence-corrected chi connectivity index (χ2v) is 3.74. The van der Waals surface area contributed by atoms with Crippen LogP contribution in [0.1, 0.15) is 24.5 Å². The molecule has 0 unspecified atom stereocenters. The van der Waals surface area contributed by atoms with Gasteiger partial charge in [0.2, 0.25) is 0 Å². The van der Waals surface area contributed by atoms with E-state index in [1.165, 1.54) is 11.6 Å². The summed E-state index contributed by atoms with van der Waals surface area (Å²) in [7, 11) is 1.94. The third-order valence-corrected chi connectivity index (χ3v) is 2.46. The normalized spacial score (nSPS) is 11.9. The molecular weight excluding hydrogens is 189 g/mol. The Bertz CT molecular complexity index is 356. The van der Waals surface area contributed by atoms with Gasteiger partial charge in [-0.2, -0.15) is 0 Å². The zero-order valence-electron chi connectivity index (χ0n) is 9.60. The highest BCUT2D eigenvalue weighted by Crippen LogP contribution is 2.19. The number of rotatable bonds is 4. The van der Waals surface area contributed by atoms with Crippen molar-refractivity contribution in [2.24, 2.45) is 0 Å². The molecule has 0 aliphatic heterocycles. The lowest BCUT2D eigenvalue weighted by atomic mass is 10.0. The van der Waals surface area contributed by atoms with Gasteiger partial charge in [0.15, 0.2) is 0 Å². The lowest BCUT2D eigenvalue weighted by Crippen LogP contribution is -2.06. The van der Waals surface area contributed by atoms with Crippen molar-refractivity contribution in [1.29, 1.82) is 0 Å². The van der Waals surface area contributed by atoms with E-state index >= 15 is 0 Å². The van der Waals surface area contributed by atoms with Crippen LogP contribution in [0.2, 0.25) is 0 Å². The molecule has 0 aliphatic carbocycles. The molecule has 82 valence electrons. The molecule has 0 atom stereocenters. The third kappa shape index (κ3) is 3.48. The van der Waals surface area contributed by atoms with E-state index in [0.29, 0.717) is 0 Å². The fourth-order valence-corrected chi connectivity index (χ4v) is 1.61. The van der Waals surface area contributed by atoms with Crippen molar-refractivity contribution in [3.05, 3.63) is 41.2 Å². The van der Waals surface area contributed by atoms with Crippen LogP contribution in [0.15, 0.2) is 24.3 Å². The molecular formula is C13H18FN. The van der Waals surface area contributed by atoms with Crippen LogP contribution in [0, 0.1) is 12.7 Å². The number of halogens is 1. The minimum absolute atomic E-state index is 0.167. The molecule has 0 amide bonds. The average Bonchev–Trinajstić information content (AvgIpc) is 2.17. The standard InChI is InChI=1S/C13H18FN/c1-10(5-4-8-15-3)13-7-6-12(14)9-11(13)2/h5-7,9,15H,4,8H2,1-3H3. The Morgan fingerprint density at radius 1 is 1.47 bits per heavy atom. The molecule has 2 heteroatoms. The van der Waals surface area contributed by atoms with Gasteiger partial charge in [0.25, 0.3) is 0 Å². The first-order chi connectivity index (χ1) is 7.15. The van der Waals surface area contributed by atoms with Crippen molar-refractivity contribution in [2.45, 2.75) is 20.3 Å². The maximum Gasteiger partial charge on any atom is 0.123 e. The van der Waals surface area contributed by atoms with Crippen LogP contribution in [0.3, 0.4) is 0 Å². The number of benzene rings is 1. The Morgan fingerprint density at radius 2 is 2.20 bits per heavy atom. The van der Waals surface area contributed by atoms with Gasteiger partial charge in [-0.15, -0.1) is 0 Å². The lowest BCUT2D eigenvalue weighted by molar-refractivity contribution is 0.626. The van der Waals surface area contributed by atoms with Gasteiger partial charge in [0.1, 0.15) is 5.82 Å². The maximum absolute atomic E-state index is 12.9. The maximum atomic E-state index is 12.9. The first kappa shape index (κ1) is 11.9. The highest BCUT2D eigenvalue weighted by Gasteiger charge is 2.01. The van der Waals surface area contributed by atoms with Crippen LogP contribution in [0.5, 0.6) is 0 Å². The summed E-state index contributed by atoms with van der Waals surface area (Å²) in [5.74, 6) is -0.167. The fourth-order valence-electron chi connectivity index (χ4n) is 1.61. The Labute approximate surface area is 91.0 Å². The van der Waals surface area contributed by atoms with Crippen LogP contribution < -0.4 is 5.32 Å². The van der Waals surface area contributed by atoms with Crippen molar-refractivity contribution in [2.75, 3.05) is 13.6 Å². The minimum atomic E-state index is -0.167. The van der Waals surface area contributed by atoms with Crippen molar-refractivity contribution in [1.82, 2.24) is 5.32 Å². The average molecular weight is 207 g/mol. The summed E-state index contributed by atoms with van der Waals surface area (Å²) < 4.78 is 12.9. The van der Waals surface area contributed by atoms with Gasteiger partial charge in [0, 0.05) is 0 Å². The van der Waals surface area contributed by atoms with E-state index in [2.05, 4.69) is 18.3 Å². The highest BCUT2D eigenvalue weighted by atomic mass is 19.1. The van der Waals surface area contributed by atoms with Gasteiger partial charge in [-0.25, -0.2) is 4.39 Å². The summed E-state index contributed by atoms with van der Waals surface area (Å²) >= 11 is 0. The van der Waals surface area contributed by atoms with Crippen molar-refractivity contribution in [3.8, 4) is 0 Å². The molecule has 0 spiro atoms. The van der Waals surface area contributed by atoms with Gasteiger partial charge in [-0.1, -0.05) is 12.1 Å². The van der Waals surface area contributed by atoms with Crippen LogP contribution in [0.4, 0.5) is 4.39 Å². The zero-order chi connectivity index (χ0) is 11.3. The third-order valence-electron chi connectivity index (χ3n) is 2.46. The molecule has 0 aromatic heterocycles. The molecule has 1 aromatic carbocycles. The molecule has 0 saturated carbocycles. The van der Waals surface area contributed by atoms with Gasteiger partial charge in [0.05, 0.1) is 0 Å². The molecule has 1 rings (SSSR count). The Kier molecular flexibility index (Phi) is 4.50. The summed E-state index contributed by atoms with van der Waals surface area (Å²) in [6, 6.07) is 4.93. The van der Waals surface area contributed by atoms with E-state index in [1.807, 2.05) is 20.0 Å². The van der Waals surface area contributed by atoms with Crippen LogP contribution >= 0.6 is 0 Å². The molecule has 0 heterocycles. The van der Waals surface area contributed by atoms with Gasteiger partial charge >= 0.3 is 0 Å².